The van der Waals surface area contributed by atoms with Gasteiger partial charge in [-0.1, -0.05) is 42.8 Å². The van der Waals surface area contributed by atoms with Gasteiger partial charge in [0.1, 0.15) is 34.1 Å². The van der Waals surface area contributed by atoms with Crippen molar-refractivity contribution in [3.8, 4) is 22.9 Å². The summed E-state index contributed by atoms with van der Waals surface area (Å²) >= 11 is 0. The number of benzene rings is 3. The Kier molecular flexibility index (Phi) is 7.36. The summed E-state index contributed by atoms with van der Waals surface area (Å²) in [7, 11) is 2.98. The van der Waals surface area contributed by atoms with Crippen LogP contribution in [0.5, 0.6) is 17.2 Å². The molecule has 41 heavy (non-hydrogen) atoms. The number of aryl methyl sites for hydroxylation is 4. The number of rotatable bonds is 7. The second-order valence-electron chi connectivity index (χ2n) is 9.97. The van der Waals surface area contributed by atoms with Crippen molar-refractivity contribution >= 4 is 11.0 Å². The van der Waals surface area contributed by atoms with E-state index < -0.39 is 22.6 Å². The smallest absolute Gasteiger partial charge is 0.337 e. The number of hydrogen-bond donors (Lipinski definition) is 0. The summed E-state index contributed by atoms with van der Waals surface area (Å²) in [4.78, 5) is 41.3. The van der Waals surface area contributed by atoms with Gasteiger partial charge in [-0.05, 0) is 67.3 Å². The summed E-state index contributed by atoms with van der Waals surface area (Å²) in [5.41, 5.74) is 1.07. The molecule has 0 saturated heterocycles. The summed E-state index contributed by atoms with van der Waals surface area (Å²) in [6, 6.07) is 18.2. The molecule has 5 rings (SSSR count). The van der Waals surface area contributed by atoms with E-state index in [4.69, 9.17) is 9.47 Å². The minimum Gasteiger partial charge on any atom is -0.497 e. The maximum absolute atomic E-state index is 15.6. The molecule has 0 aliphatic heterocycles. The summed E-state index contributed by atoms with van der Waals surface area (Å²) in [6.45, 7) is 5.59. The fourth-order valence-electron chi connectivity index (χ4n) is 4.89. The zero-order chi connectivity index (χ0) is 29.4. The number of fused-ring (bicyclic) bond motifs is 1. The van der Waals surface area contributed by atoms with Crippen LogP contribution in [0.4, 0.5) is 4.39 Å². The van der Waals surface area contributed by atoms with Crippen LogP contribution in [0.25, 0.3) is 16.7 Å². The minimum absolute atomic E-state index is 0.0251. The highest BCUT2D eigenvalue weighted by Crippen LogP contribution is 2.30. The normalized spacial score (nSPS) is 11.2. The van der Waals surface area contributed by atoms with Gasteiger partial charge in [0, 0.05) is 13.1 Å². The number of halogens is 1. The Morgan fingerprint density at radius 1 is 0.854 bits per heavy atom. The van der Waals surface area contributed by atoms with Crippen LogP contribution in [0.3, 0.4) is 0 Å². The first kappa shape index (κ1) is 27.6. The van der Waals surface area contributed by atoms with E-state index in [1.165, 1.54) is 25.2 Å². The Bertz CT molecular complexity index is 1970. The Morgan fingerprint density at radius 3 is 2.20 bits per heavy atom. The van der Waals surface area contributed by atoms with Gasteiger partial charge in [-0.3, -0.25) is 18.7 Å². The molecule has 2 aromatic heterocycles. The predicted molar refractivity (Wildman–Crippen MR) is 156 cm³/mol. The van der Waals surface area contributed by atoms with Gasteiger partial charge in [-0.25, -0.2) is 13.8 Å². The molecule has 0 aliphatic rings. The lowest BCUT2D eigenvalue weighted by molar-refractivity contribution is 0.414. The second kappa shape index (κ2) is 10.9. The van der Waals surface area contributed by atoms with Gasteiger partial charge in [-0.15, -0.1) is 0 Å². The molecule has 2 heterocycles. The Hall–Kier alpha value is -4.92. The highest BCUT2D eigenvalue weighted by Gasteiger charge is 2.24. The van der Waals surface area contributed by atoms with Crippen molar-refractivity contribution in [2.45, 2.75) is 33.7 Å². The van der Waals surface area contributed by atoms with Crippen LogP contribution in [0.2, 0.25) is 0 Å². The second-order valence-corrected chi connectivity index (χ2v) is 9.97. The number of nitrogens with zero attached hydrogens (tertiary/aromatic N) is 3. The fraction of sp³-hybridized carbons (Fsp3) is 0.219. The van der Waals surface area contributed by atoms with Crippen LogP contribution in [-0.2, 0) is 20.0 Å². The molecule has 0 amide bonds. The largest absolute Gasteiger partial charge is 0.497 e. The van der Waals surface area contributed by atoms with Gasteiger partial charge >= 0.3 is 5.69 Å². The first-order chi connectivity index (χ1) is 19.6. The van der Waals surface area contributed by atoms with Crippen molar-refractivity contribution in [1.82, 2.24) is 13.7 Å². The van der Waals surface area contributed by atoms with Crippen LogP contribution in [0.1, 0.15) is 29.2 Å². The van der Waals surface area contributed by atoms with Gasteiger partial charge in [0.2, 0.25) is 0 Å². The molecule has 0 N–H and O–H groups in total. The van der Waals surface area contributed by atoms with Crippen molar-refractivity contribution in [1.29, 1.82) is 0 Å². The molecule has 8 nitrogen and oxygen atoms in total. The number of ether oxygens (including phenoxy) is 2. The predicted octanol–water partition coefficient (Wildman–Crippen LogP) is 5.02. The zero-order valence-electron chi connectivity index (χ0n) is 23.5. The van der Waals surface area contributed by atoms with Crippen molar-refractivity contribution in [2.75, 3.05) is 7.11 Å². The average molecular weight is 556 g/mol. The Morgan fingerprint density at radius 2 is 1.56 bits per heavy atom. The van der Waals surface area contributed by atoms with Crippen LogP contribution in [0.15, 0.2) is 81.1 Å². The molecule has 0 spiro atoms. The highest BCUT2D eigenvalue weighted by atomic mass is 19.1. The van der Waals surface area contributed by atoms with Crippen LogP contribution in [0, 0.1) is 19.7 Å². The van der Waals surface area contributed by atoms with E-state index in [9.17, 15) is 14.4 Å². The van der Waals surface area contributed by atoms with E-state index in [1.807, 2.05) is 32.9 Å². The number of pyridine rings is 1. The zero-order valence-corrected chi connectivity index (χ0v) is 23.5. The monoisotopic (exact) mass is 555 g/mol. The minimum atomic E-state index is -0.792. The first-order valence-corrected chi connectivity index (χ1v) is 13.2. The van der Waals surface area contributed by atoms with Crippen molar-refractivity contribution in [3.63, 3.8) is 0 Å². The van der Waals surface area contributed by atoms with Crippen molar-refractivity contribution in [3.05, 3.63) is 126 Å². The lowest BCUT2D eigenvalue weighted by atomic mass is 10.1. The molecule has 0 atom stereocenters. The molecular formula is C32H30FN3O5. The number of hydrogen-bond acceptors (Lipinski definition) is 5. The molecular weight excluding hydrogens is 525 g/mol. The van der Waals surface area contributed by atoms with E-state index in [0.29, 0.717) is 23.5 Å². The topological polar surface area (TPSA) is 84.5 Å². The lowest BCUT2D eigenvalue weighted by Crippen LogP contribution is -2.42. The standard InChI is InChI=1S/C32H30FN3O5/c1-6-21-10-13-25(24(33)16-21)36-30-29(31(38)35(32(36)39)18-22-8-11-23(40-5)12-9-22)27(17-28(37)34(30)4)41-26-14-7-19(2)15-20(26)3/h7-17H,6,18H2,1-5H3. The van der Waals surface area contributed by atoms with Gasteiger partial charge in [0.05, 0.1) is 19.3 Å². The molecule has 5 aromatic rings. The average Bonchev–Trinajstić information content (AvgIpc) is 2.95. The van der Waals surface area contributed by atoms with Crippen LogP contribution < -0.4 is 26.3 Å². The third-order valence-electron chi connectivity index (χ3n) is 7.18. The lowest BCUT2D eigenvalue weighted by Gasteiger charge is -2.19. The van der Waals surface area contributed by atoms with Gasteiger partial charge in [-0.2, -0.15) is 0 Å². The van der Waals surface area contributed by atoms with Gasteiger partial charge in [0.15, 0.2) is 0 Å². The first-order valence-electron chi connectivity index (χ1n) is 13.2. The van der Waals surface area contributed by atoms with Crippen molar-refractivity contribution in [2.24, 2.45) is 7.05 Å². The quantitative estimate of drug-likeness (QED) is 0.282. The molecule has 0 aliphatic carbocycles. The van der Waals surface area contributed by atoms with E-state index in [2.05, 4.69) is 0 Å². The summed E-state index contributed by atoms with van der Waals surface area (Å²) in [5, 5.41) is -0.0286. The van der Waals surface area contributed by atoms with E-state index in [0.717, 1.165) is 30.4 Å². The summed E-state index contributed by atoms with van der Waals surface area (Å²) in [6.07, 6.45) is 0.593. The number of methoxy groups -OCH3 is 1. The fourth-order valence-corrected chi connectivity index (χ4v) is 4.89. The van der Waals surface area contributed by atoms with E-state index >= 15 is 4.39 Å². The third-order valence-corrected chi connectivity index (χ3v) is 7.18. The van der Waals surface area contributed by atoms with Gasteiger partial charge < -0.3 is 9.47 Å². The van der Waals surface area contributed by atoms with Gasteiger partial charge in [0.25, 0.3) is 11.1 Å². The molecule has 9 heteroatoms. The number of aromatic nitrogens is 3. The maximum atomic E-state index is 15.6. The SMILES string of the molecule is CCc1ccc(-n2c(=O)n(Cc3ccc(OC)cc3)c(=O)c3c(Oc4ccc(C)cc4C)cc(=O)n(C)c32)c(F)c1. The molecule has 0 bridgehead atoms. The maximum Gasteiger partial charge on any atom is 0.337 e. The summed E-state index contributed by atoms with van der Waals surface area (Å²) < 4.78 is 30.2. The Labute approximate surface area is 235 Å². The van der Waals surface area contributed by atoms with Crippen LogP contribution >= 0.6 is 0 Å². The molecule has 0 fully saturated rings. The summed E-state index contributed by atoms with van der Waals surface area (Å²) in [5.74, 6) is 0.384. The Balaban J connectivity index is 1.87. The van der Waals surface area contributed by atoms with E-state index in [-0.39, 0.29) is 29.0 Å². The van der Waals surface area contributed by atoms with Crippen molar-refractivity contribution < 1.29 is 13.9 Å². The molecule has 0 radical (unpaired) electrons. The molecule has 0 saturated carbocycles. The van der Waals surface area contributed by atoms with E-state index in [1.54, 1.807) is 43.5 Å². The third kappa shape index (κ3) is 5.06. The highest BCUT2D eigenvalue weighted by molar-refractivity contribution is 5.83. The molecule has 0 unspecified atom stereocenters. The van der Waals surface area contributed by atoms with Crippen LogP contribution in [-0.4, -0.2) is 20.8 Å². The molecule has 210 valence electrons. The molecule has 3 aromatic carbocycles.